The number of rotatable bonds is 3. The molecule has 2 nitrogen and oxygen atoms in total. The standard InChI is InChI=1S/C11H10ClNO/c1-9(6-12)8-14-11-4-2-3-10(5-11)7-13/h2-6H,8H2,1H3/b9-6-. The Balaban J connectivity index is 2.64. The maximum Gasteiger partial charge on any atom is 0.121 e. The van der Waals surface area contributed by atoms with Crippen molar-refractivity contribution in [3.05, 3.63) is 40.9 Å². The van der Waals surface area contributed by atoms with Crippen LogP contribution < -0.4 is 4.74 Å². The topological polar surface area (TPSA) is 33.0 Å². The molecule has 0 aliphatic carbocycles. The van der Waals surface area contributed by atoms with Gasteiger partial charge in [0.15, 0.2) is 0 Å². The number of halogens is 1. The summed E-state index contributed by atoms with van der Waals surface area (Å²) in [5, 5.41) is 8.65. The van der Waals surface area contributed by atoms with Crippen LogP contribution in [-0.4, -0.2) is 6.61 Å². The summed E-state index contributed by atoms with van der Waals surface area (Å²) in [5.74, 6) is 0.682. The van der Waals surface area contributed by atoms with Crippen LogP contribution in [0.2, 0.25) is 0 Å². The lowest BCUT2D eigenvalue weighted by Gasteiger charge is -2.05. The van der Waals surface area contributed by atoms with Crippen LogP contribution in [-0.2, 0) is 0 Å². The highest BCUT2D eigenvalue weighted by molar-refractivity contribution is 6.25. The zero-order chi connectivity index (χ0) is 10.4. The molecule has 0 fully saturated rings. The fourth-order valence-electron chi connectivity index (χ4n) is 0.884. The molecule has 0 saturated heterocycles. The van der Waals surface area contributed by atoms with E-state index in [-0.39, 0.29) is 0 Å². The van der Waals surface area contributed by atoms with Gasteiger partial charge in [-0.1, -0.05) is 17.7 Å². The molecule has 1 rings (SSSR count). The van der Waals surface area contributed by atoms with Crippen molar-refractivity contribution >= 4 is 11.6 Å². The predicted octanol–water partition coefficient (Wildman–Crippen LogP) is 3.08. The predicted molar refractivity (Wildman–Crippen MR) is 56.3 cm³/mol. The minimum absolute atomic E-state index is 0.443. The monoisotopic (exact) mass is 207 g/mol. The van der Waals surface area contributed by atoms with E-state index in [0.29, 0.717) is 17.9 Å². The van der Waals surface area contributed by atoms with Crippen molar-refractivity contribution in [2.75, 3.05) is 6.61 Å². The van der Waals surface area contributed by atoms with Crippen molar-refractivity contribution in [3.8, 4) is 11.8 Å². The van der Waals surface area contributed by atoms with E-state index in [2.05, 4.69) is 0 Å². The summed E-state index contributed by atoms with van der Waals surface area (Å²) in [6, 6.07) is 9.07. The summed E-state index contributed by atoms with van der Waals surface area (Å²) in [5.41, 5.74) is 3.01. The second-order valence-corrected chi connectivity index (χ2v) is 3.10. The van der Waals surface area contributed by atoms with Gasteiger partial charge in [-0.3, -0.25) is 0 Å². The molecule has 0 saturated carbocycles. The largest absolute Gasteiger partial charge is 0.489 e. The number of ether oxygens (including phenoxy) is 1. The highest BCUT2D eigenvalue weighted by Gasteiger charge is 1.96. The number of nitriles is 1. The molecule has 14 heavy (non-hydrogen) atoms. The molecule has 0 atom stereocenters. The van der Waals surface area contributed by atoms with Gasteiger partial charge < -0.3 is 4.74 Å². The minimum atomic E-state index is 0.443. The summed E-state index contributed by atoms with van der Waals surface area (Å²) < 4.78 is 5.40. The van der Waals surface area contributed by atoms with Gasteiger partial charge in [0, 0.05) is 5.54 Å². The fourth-order valence-corrected chi connectivity index (χ4v) is 0.947. The molecule has 0 aliphatic heterocycles. The van der Waals surface area contributed by atoms with E-state index in [1.54, 1.807) is 18.2 Å². The highest BCUT2D eigenvalue weighted by Crippen LogP contribution is 2.13. The first-order valence-corrected chi connectivity index (χ1v) is 4.58. The van der Waals surface area contributed by atoms with Crippen LogP contribution in [0.5, 0.6) is 5.75 Å². The van der Waals surface area contributed by atoms with Gasteiger partial charge in [0.1, 0.15) is 12.4 Å². The SMILES string of the molecule is C/C(=C/Cl)COc1cccc(C#N)c1. The van der Waals surface area contributed by atoms with Gasteiger partial charge in [0.2, 0.25) is 0 Å². The van der Waals surface area contributed by atoms with E-state index >= 15 is 0 Å². The third-order valence-electron chi connectivity index (χ3n) is 1.62. The van der Waals surface area contributed by atoms with E-state index < -0.39 is 0 Å². The van der Waals surface area contributed by atoms with Crippen molar-refractivity contribution in [2.24, 2.45) is 0 Å². The van der Waals surface area contributed by atoms with Crippen molar-refractivity contribution in [2.45, 2.75) is 6.92 Å². The van der Waals surface area contributed by atoms with Crippen molar-refractivity contribution in [1.82, 2.24) is 0 Å². The minimum Gasteiger partial charge on any atom is -0.489 e. The molecule has 0 spiro atoms. The molecule has 1 aromatic carbocycles. The smallest absolute Gasteiger partial charge is 0.121 e. The summed E-state index contributed by atoms with van der Waals surface area (Å²) in [7, 11) is 0. The summed E-state index contributed by atoms with van der Waals surface area (Å²) in [6.07, 6.45) is 0. The normalized spacial score (nSPS) is 10.8. The third kappa shape index (κ3) is 3.12. The molecule has 3 heteroatoms. The van der Waals surface area contributed by atoms with Gasteiger partial charge in [-0.2, -0.15) is 5.26 Å². The Morgan fingerprint density at radius 2 is 2.43 bits per heavy atom. The summed E-state index contributed by atoms with van der Waals surface area (Å²) in [4.78, 5) is 0. The molecular weight excluding hydrogens is 198 g/mol. The zero-order valence-corrected chi connectivity index (χ0v) is 8.58. The van der Waals surface area contributed by atoms with Crippen molar-refractivity contribution < 1.29 is 4.74 Å². The van der Waals surface area contributed by atoms with Gasteiger partial charge in [-0.05, 0) is 30.7 Å². The molecule has 72 valence electrons. The molecular formula is C11H10ClNO. The van der Waals surface area contributed by atoms with Crippen LogP contribution in [0.15, 0.2) is 35.4 Å². The van der Waals surface area contributed by atoms with Crippen LogP contribution in [0, 0.1) is 11.3 Å². The van der Waals surface area contributed by atoms with Crippen LogP contribution >= 0.6 is 11.6 Å². The van der Waals surface area contributed by atoms with Crippen LogP contribution in [0.3, 0.4) is 0 Å². The maximum atomic E-state index is 8.65. The van der Waals surface area contributed by atoms with E-state index in [1.165, 1.54) is 5.54 Å². The van der Waals surface area contributed by atoms with Crippen LogP contribution in [0.4, 0.5) is 0 Å². The lowest BCUT2D eigenvalue weighted by Crippen LogP contribution is -1.98. The number of nitrogens with zero attached hydrogens (tertiary/aromatic N) is 1. The van der Waals surface area contributed by atoms with Gasteiger partial charge in [-0.25, -0.2) is 0 Å². The Labute approximate surface area is 88.4 Å². The maximum absolute atomic E-state index is 8.65. The Morgan fingerprint density at radius 3 is 3.07 bits per heavy atom. The van der Waals surface area contributed by atoms with Crippen LogP contribution in [0.1, 0.15) is 12.5 Å². The fraction of sp³-hybridized carbons (Fsp3) is 0.182. The zero-order valence-electron chi connectivity index (χ0n) is 7.83. The van der Waals surface area contributed by atoms with Gasteiger partial charge in [0.05, 0.1) is 11.6 Å². The average Bonchev–Trinajstić information content (AvgIpc) is 2.26. The Kier molecular flexibility index (Phi) is 4.03. The van der Waals surface area contributed by atoms with E-state index in [1.807, 2.05) is 19.1 Å². The second kappa shape index (κ2) is 5.31. The Bertz CT molecular complexity index is 379. The molecule has 0 aromatic heterocycles. The van der Waals surface area contributed by atoms with Gasteiger partial charge in [-0.15, -0.1) is 0 Å². The van der Waals surface area contributed by atoms with Gasteiger partial charge >= 0.3 is 0 Å². The second-order valence-electron chi connectivity index (χ2n) is 2.88. The van der Waals surface area contributed by atoms with E-state index in [0.717, 1.165) is 5.57 Å². The Hall–Kier alpha value is -1.46. The average molecular weight is 208 g/mol. The molecule has 0 heterocycles. The van der Waals surface area contributed by atoms with Crippen molar-refractivity contribution in [3.63, 3.8) is 0 Å². The molecule has 0 radical (unpaired) electrons. The highest BCUT2D eigenvalue weighted by atomic mass is 35.5. The Morgan fingerprint density at radius 1 is 1.64 bits per heavy atom. The quantitative estimate of drug-likeness (QED) is 0.763. The molecule has 0 unspecified atom stereocenters. The summed E-state index contributed by atoms with van der Waals surface area (Å²) >= 11 is 5.48. The van der Waals surface area contributed by atoms with Crippen molar-refractivity contribution in [1.29, 1.82) is 5.26 Å². The van der Waals surface area contributed by atoms with Crippen LogP contribution in [0.25, 0.3) is 0 Å². The molecule has 0 amide bonds. The van der Waals surface area contributed by atoms with E-state index in [9.17, 15) is 0 Å². The molecule has 1 aromatic rings. The summed E-state index contributed by atoms with van der Waals surface area (Å²) in [6.45, 7) is 2.32. The van der Waals surface area contributed by atoms with E-state index in [4.69, 9.17) is 21.6 Å². The first-order valence-electron chi connectivity index (χ1n) is 4.15. The van der Waals surface area contributed by atoms with Gasteiger partial charge in [0.25, 0.3) is 0 Å². The number of hydrogen-bond acceptors (Lipinski definition) is 2. The number of benzene rings is 1. The molecule has 0 aliphatic rings. The number of hydrogen-bond donors (Lipinski definition) is 0. The molecule has 0 N–H and O–H groups in total. The molecule has 0 bridgehead atoms. The first-order chi connectivity index (χ1) is 6.76. The lowest BCUT2D eigenvalue weighted by molar-refractivity contribution is 0.352. The first kappa shape index (κ1) is 10.6. The lowest BCUT2D eigenvalue weighted by atomic mass is 10.2. The third-order valence-corrected chi connectivity index (χ3v) is 1.99.